The predicted octanol–water partition coefficient (Wildman–Crippen LogP) is 3.06. The molecule has 5 nitrogen and oxygen atoms in total. The molecule has 20 heavy (non-hydrogen) atoms. The molecule has 2 heterocycles. The van der Waals surface area contributed by atoms with E-state index in [-0.39, 0.29) is 11.2 Å². The summed E-state index contributed by atoms with van der Waals surface area (Å²) < 4.78 is 0. The molecule has 1 N–H and O–H groups in total. The molecule has 1 amide bonds. The zero-order valence-corrected chi connectivity index (χ0v) is 13.2. The van der Waals surface area contributed by atoms with Crippen LogP contribution in [0.2, 0.25) is 0 Å². The second-order valence-electron chi connectivity index (χ2n) is 4.27. The highest BCUT2D eigenvalue weighted by molar-refractivity contribution is 8.00. The van der Waals surface area contributed by atoms with Crippen LogP contribution in [0.3, 0.4) is 0 Å². The van der Waals surface area contributed by atoms with Crippen molar-refractivity contribution < 1.29 is 4.79 Å². The van der Waals surface area contributed by atoms with E-state index in [4.69, 9.17) is 0 Å². The van der Waals surface area contributed by atoms with Crippen molar-refractivity contribution in [1.29, 1.82) is 0 Å². The van der Waals surface area contributed by atoms with Gasteiger partial charge in [0.1, 0.15) is 0 Å². The van der Waals surface area contributed by atoms with Crippen molar-refractivity contribution >= 4 is 34.1 Å². The summed E-state index contributed by atoms with van der Waals surface area (Å²) in [5.41, 5.74) is 1.82. The minimum atomic E-state index is -0.222. The van der Waals surface area contributed by atoms with Crippen molar-refractivity contribution in [3.05, 3.63) is 29.0 Å². The summed E-state index contributed by atoms with van der Waals surface area (Å²) in [6.45, 7) is 5.83. The number of thiazole rings is 1. The van der Waals surface area contributed by atoms with Gasteiger partial charge < -0.3 is 5.32 Å². The van der Waals surface area contributed by atoms with Gasteiger partial charge in [-0.2, -0.15) is 0 Å². The van der Waals surface area contributed by atoms with Crippen molar-refractivity contribution in [2.75, 3.05) is 5.32 Å². The highest BCUT2D eigenvalue weighted by atomic mass is 32.2. The van der Waals surface area contributed by atoms with Crippen molar-refractivity contribution in [2.45, 2.75) is 37.6 Å². The van der Waals surface area contributed by atoms with E-state index in [1.165, 1.54) is 23.1 Å². The van der Waals surface area contributed by atoms with E-state index in [1.807, 2.05) is 32.2 Å². The van der Waals surface area contributed by atoms with Gasteiger partial charge in [0.2, 0.25) is 5.91 Å². The maximum Gasteiger partial charge on any atom is 0.239 e. The summed E-state index contributed by atoms with van der Waals surface area (Å²) in [5, 5.41) is 5.69. The number of thioether (sulfide) groups is 1. The standard InChI is InChI=1S/C13H16N4OS2/c1-4-10(11(18)17-12-14-5-6-19-12)20-13-15-8(2)7-9(3)16-13/h5-7,10H,4H2,1-3H3,(H,14,17,18)/t10-/m1/s1. The lowest BCUT2D eigenvalue weighted by molar-refractivity contribution is -0.115. The van der Waals surface area contributed by atoms with Crippen LogP contribution in [0.15, 0.2) is 22.8 Å². The Balaban J connectivity index is 2.06. The second kappa shape index (κ2) is 6.81. The van der Waals surface area contributed by atoms with Gasteiger partial charge in [-0.25, -0.2) is 15.0 Å². The van der Waals surface area contributed by atoms with Gasteiger partial charge in [0, 0.05) is 23.0 Å². The molecule has 0 aliphatic carbocycles. The summed E-state index contributed by atoms with van der Waals surface area (Å²) in [5.74, 6) is -0.0600. The molecular formula is C13H16N4OS2. The molecule has 7 heteroatoms. The van der Waals surface area contributed by atoms with E-state index in [9.17, 15) is 4.79 Å². The molecule has 0 aliphatic heterocycles. The van der Waals surface area contributed by atoms with Gasteiger partial charge in [0.15, 0.2) is 10.3 Å². The molecular weight excluding hydrogens is 292 g/mol. The quantitative estimate of drug-likeness (QED) is 0.679. The van der Waals surface area contributed by atoms with Gasteiger partial charge in [0.05, 0.1) is 5.25 Å². The SMILES string of the molecule is CC[C@@H](Sc1nc(C)cc(C)n1)C(=O)Nc1nccs1. The lowest BCUT2D eigenvalue weighted by atomic mass is 10.3. The molecule has 0 aliphatic rings. The number of anilines is 1. The first-order valence-electron chi connectivity index (χ1n) is 6.27. The number of carbonyl (C=O) groups excluding carboxylic acids is 1. The van der Waals surface area contributed by atoms with E-state index in [1.54, 1.807) is 6.20 Å². The van der Waals surface area contributed by atoms with Gasteiger partial charge in [-0.05, 0) is 26.3 Å². The third-order valence-electron chi connectivity index (χ3n) is 2.54. The second-order valence-corrected chi connectivity index (χ2v) is 6.34. The van der Waals surface area contributed by atoms with Gasteiger partial charge in [-0.15, -0.1) is 11.3 Å². The first-order valence-corrected chi connectivity index (χ1v) is 8.03. The molecule has 0 unspecified atom stereocenters. The van der Waals surface area contributed by atoms with Gasteiger partial charge in [-0.3, -0.25) is 4.79 Å². The van der Waals surface area contributed by atoms with Crippen LogP contribution in [-0.4, -0.2) is 26.1 Å². The largest absolute Gasteiger partial charge is 0.301 e. The molecule has 2 aromatic heterocycles. The Labute approximate surface area is 126 Å². The van der Waals surface area contributed by atoms with E-state index in [2.05, 4.69) is 20.3 Å². The van der Waals surface area contributed by atoms with E-state index in [0.717, 1.165) is 11.4 Å². The summed E-state index contributed by atoms with van der Waals surface area (Å²) in [6.07, 6.45) is 2.37. The van der Waals surface area contributed by atoms with Crippen LogP contribution in [0.25, 0.3) is 0 Å². The Morgan fingerprint density at radius 1 is 1.40 bits per heavy atom. The third kappa shape index (κ3) is 4.01. The first-order chi connectivity index (χ1) is 9.58. The Hall–Kier alpha value is -1.47. The van der Waals surface area contributed by atoms with Crippen LogP contribution in [0, 0.1) is 13.8 Å². The van der Waals surface area contributed by atoms with Crippen molar-refractivity contribution in [2.24, 2.45) is 0 Å². The van der Waals surface area contributed by atoms with Crippen LogP contribution >= 0.6 is 23.1 Å². The average molecular weight is 308 g/mol. The number of hydrogen-bond donors (Lipinski definition) is 1. The summed E-state index contributed by atoms with van der Waals surface area (Å²) >= 11 is 2.80. The number of amides is 1. The van der Waals surface area contributed by atoms with Crippen molar-refractivity contribution in [3.63, 3.8) is 0 Å². The number of nitrogens with zero attached hydrogens (tertiary/aromatic N) is 3. The molecule has 0 bridgehead atoms. The average Bonchev–Trinajstić information content (AvgIpc) is 2.87. The molecule has 2 rings (SSSR count). The monoisotopic (exact) mass is 308 g/mol. The van der Waals surface area contributed by atoms with E-state index < -0.39 is 0 Å². The topological polar surface area (TPSA) is 67.8 Å². The normalized spacial score (nSPS) is 12.2. The number of aryl methyl sites for hydroxylation is 2. The minimum Gasteiger partial charge on any atom is -0.301 e. The highest BCUT2D eigenvalue weighted by Gasteiger charge is 2.20. The first kappa shape index (κ1) is 14.9. The van der Waals surface area contributed by atoms with Crippen LogP contribution in [0.5, 0.6) is 0 Å². The highest BCUT2D eigenvalue weighted by Crippen LogP contribution is 2.24. The minimum absolute atomic E-state index is 0.0600. The molecule has 0 saturated heterocycles. The van der Waals surface area contributed by atoms with E-state index in [0.29, 0.717) is 16.7 Å². The molecule has 1 atom stereocenters. The number of carbonyl (C=O) groups is 1. The number of aromatic nitrogens is 3. The summed E-state index contributed by atoms with van der Waals surface area (Å²) in [4.78, 5) is 25.0. The van der Waals surface area contributed by atoms with Crippen LogP contribution in [0.4, 0.5) is 5.13 Å². The maximum absolute atomic E-state index is 12.2. The summed E-state index contributed by atoms with van der Waals surface area (Å²) in [6, 6.07) is 1.92. The lowest BCUT2D eigenvalue weighted by Gasteiger charge is -2.12. The molecule has 0 aromatic carbocycles. The zero-order chi connectivity index (χ0) is 14.5. The fraction of sp³-hybridized carbons (Fsp3) is 0.385. The Bertz CT molecular complexity index is 566. The number of rotatable bonds is 5. The zero-order valence-electron chi connectivity index (χ0n) is 11.6. The van der Waals surface area contributed by atoms with Crippen molar-refractivity contribution in [1.82, 2.24) is 15.0 Å². The molecule has 0 saturated carbocycles. The maximum atomic E-state index is 12.2. The molecule has 0 fully saturated rings. The fourth-order valence-electron chi connectivity index (χ4n) is 1.67. The number of hydrogen-bond acceptors (Lipinski definition) is 6. The van der Waals surface area contributed by atoms with Gasteiger partial charge in [0.25, 0.3) is 0 Å². The Kier molecular flexibility index (Phi) is 5.08. The molecule has 2 aromatic rings. The molecule has 0 radical (unpaired) electrons. The Morgan fingerprint density at radius 2 is 2.10 bits per heavy atom. The lowest BCUT2D eigenvalue weighted by Crippen LogP contribution is -2.24. The fourth-order valence-corrected chi connectivity index (χ4v) is 3.18. The van der Waals surface area contributed by atoms with Gasteiger partial charge in [-0.1, -0.05) is 18.7 Å². The predicted molar refractivity (Wildman–Crippen MR) is 82.2 cm³/mol. The van der Waals surface area contributed by atoms with Crippen molar-refractivity contribution in [3.8, 4) is 0 Å². The van der Waals surface area contributed by atoms with E-state index >= 15 is 0 Å². The van der Waals surface area contributed by atoms with Gasteiger partial charge >= 0.3 is 0 Å². The van der Waals surface area contributed by atoms with Crippen LogP contribution in [-0.2, 0) is 4.79 Å². The Morgan fingerprint density at radius 3 is 2.65 bits per heavy atom. The molecule has 0 spiro atoms. The number of nitrogens with one attached hydrogen (secondary N) is 1. The van der Waals surface area contributed by atoms with Crippen LogP contribution in [0.1, 0.15) is 24.7 Å². The summed E-state index contributed by atoms with van der Waals surface area (Å²) in [7, 11) is 0. The molecule has 106 valence electrons. The smallest absolute Gasteiger partial charge is 0.239 e. The van der Waals surface area contributed by atoms with Crippen LogP contribution < -0.4 is 5.32 Å². The third-order valence-corrected chi connectivity index (χ3v) is 4.45.